The molecule has 0 spiro atoms. The van der Waals surface area contributed by atoms with E-state index in [1.165, 1.54) is 82.5 Å². The van der Waals surface area contributed by atoms with E-state index in [2.05, 4.69) is 23.6 Å². The Kier molecular flexibility index (Phi) is 15.6. The smallest absolute Gasteiger partial charge is 0.00727 e. The van der Waals surface area contributed by atoms with Crippen molar-refractivity contribution in [3.63, 3.8) is 0 Å². The fourth-order valence-corrected chi connectivity index (χ4v) is 3.27. The quantitative estimate of drug-likeness (QED) is 0.531. The first-order valence-corrected chi connectivity index (χ1v) is 9.39. The Morgan fingerprint density at radius 1 is 0.778 bits per heavy atom. The minimum Gasteiger partial charge on any atom is -0.302 e. The maximum atomic E-state index is 2.65. The van der Waals surface area contributed by atoms with E-state index in [1.807, 2.05) is 13.8 Å². The van der Waals surface area contributed by atoms with E-state index in [0.29, 0.717) is 0 Å². The monoisotopic (exact) mass is 273 g/mol. The van der Waals surface area contributed by atoms with Crippen molar-refractivity contribution in [2.75, 3.05) is 31.1 Å². The molecular weight excluding hydrogens is 238 g/mol. The fraction of sp³-hybridized carbons (Fsp3) is 1.00. The minimum absolute atomic E-state index is 1.33. The van der Waals surface area contributed by atoms with Crippen molar-refractivity contribution in [1.29, 1.82) is 0 Å². The number of rotatable bonds is 9. The van der Waals surface area contributed by atoms with Crippen molar-refractivity contribution in [2.24, 2.45) is 0 Å². The standard InChI is InChI=1S/C14H29NS.C2H6/c1-2-3-4-5-6-7-8-9-10-15-11-13-16-14-12-15;1-2/h2-14H2,1H3;1-2H3. The molecule has 1 nitrogen and oxygen atoms in total. The van der Waals surface area contributed by atoms with Crippen LogP contribution in [-0.2, 0) is 0 Å². The summed E-state index contributed by atoms with van der Waals surface area (Å²) >= 11 is 2.11. The first-order chi connectivity index (χ1) is 8.93. The minimum atomic E-state index is 1.33. The zero-order valence-corrected chi connectivity index (χ0v) is 13.9. The molecule has 0 aliphatic carbocycles. The fourth-order valence-electron chi connectivity index (χ4n) is 2.29. The summed E-state index contributed by atoms with van der Waals surface area (Å²) in [5.74, 6) is 2.72. The van der Waals surface area contributed by atoms with Crippen LogP contribution in [0.2, 0.25) is 0 Å². The Morgan fingerprint density at radius 3 is 1.83 bits per heavy atom. The lowest BCUT2D eigenvalue weighted by Gasteiger charge is -2.25. The van der Waals surface area contributed by atoms with Crippen LogP contribution >= 0.6 is 11.8 Å². The van der Waals surface area contributed by atoms with Crippen LogP contribution in [0.3, 0.4) is 0 Å². The van der Waals surface area contributed by atoms with Crippen molar-refractivity contribution in [3.8, 4) is 0 Å². The average Bonchev–Trinajstić information content (AvgIpc) is 2.45. The zero-order valence-electron chi connectivity index (χ0n) is 13.0. The summed E-state index contributed by atoms with van der Waals surface area (Å²) in [5, 5.41) is 0. The molecule has 0 aromatic rings. The van der Waals surface area contributed by atoms with Crippen molar-refractivity contribution in [3.05, 3.63) is 0 Å². The van der Waals surface area contributed by atoms with Gasteiger partial charge in [0.25, 0.3) is 0 Å². The molecule has 1 heterocycles. The highest BCUT2D eigenvalue weighted by molar-refractivity contribution is 7.99. The second-order valence-corrected chi connectivity index (χ2v) is 6.15. The molecule has 1 saturated heterocycles. The van der Waals surface area contributed by atoms with Gasteiger partial charge in [0, 0.05) is 24.6 Å². The number of hydrogen-bond donors (Lipinski definition) is 0. The van der Waals surface area contributed by atoms with Crippen LogP contribution in [-0.4, -0.2) is 36.0 Å². The summed E-state index contributed by atoms with van der Waals surface area (Å²) in [7, 11) is 0. The van der Waals surface area contributed by atoms with Gasteiger partial charge in [-0.2, -0.15) is 11.8 Å². The molecule has 1 rings (SSSR count). The normalized spacial score (nSPS) is 16.2. The van der Waals surface area contributed by atoms with Crippen molar-refractivity contribution in [2.45, 2.75) is 72.1 Å². The summed E-state index contributed by atoms with van der Waals surface area (Å²) in [4.78, 5) is 2.65. The molecule has 0 saturated carbocycles. The molecule has 0 unspecified atom stereocenters. The van der Waals surface area contributed by atoms with E-state index < -0.39 is 0 Å². The lowest BCUT2D eigenvalue weighted by molar-refractivity contribution is 0.294. The molecule has 2 heteroatoms. The van der Waals surface area contributed by atoms with Gasteiger partial charge in [-0.3, -0.25) is 0 Å². The Bertz CT molecular complexity index is 144. The third-order valence-corrected chi connectivity index (χ3v) is 4.37. The highest BCUT2D eigenvalue weighted by Crippen LogP contribution is 2.12. The molecule has 0 aromatic heterocycles. The number of thioether (sulfide) groups is 1. The van der Waals surface area contributed by atoms with Gasteiger partial charge in [-0.05, 0) is 13.0 Å². The van der Waals surface area contributed by atoms with E-state index in [9.17, 15) is 0 Å². The Morgan fingerprint density at radius 2 is 1.28 bits per heavy atom. The van der Waals surface area contributed by atoms with Crippen molar-refractivity contribution < 1.29 is 0 Å². The van der Waals surface area contributed by atoms with Crippen LogP contribution in [0, 0.1) is 0 Å². The first-order valence-electron chi connectivity index (χ1n) is 8.23. The molecule has 0 radical (unpaired) electrons. The van der Waals surface area contributed by atoms with Crippen LogP contribution < -0.4 is 0 Å². The molecular formula is C16H35NS. The van der Waals surface area contributed by atoms with E-state index in [1.54, 1.807) is 0 Å². The maximum Gasteiger partial charge on any atom is 0.00727 e. The Hall–Kier alpha value is 0.310. The van der Waals surface area contributed by atoms with Gasteiger partial charge in [-0.25, -0.2) is 0 Å². The van der Waals surface area contributed by atoms with Crippen LogP contribution in [0.4, 0.5) is 0 Å². The van der Waals surface area contributed by atoms with Crippen LogP contribution in [0.5, 0.6) is 0 Å². The van der Waals surface area contributed by atoms with Crippen molar-refractivity contribution >= 4 is 11.8 Å². The molecule has 0 N–H and O–H groups in total. The molecule has 0 amide bonds. The van der Waals surface area contributed by atoms with Gasteiger partial charge in [0.05, 0.1) is 0 Å². The van der Waals surface area contributed by atoms with E-state index in [-0.39, 0.29) is 0 Å². The second kappa shape index (κ2) is 15.4. The van der Waals surface area contributed by atoms with Crippen LogP contribution in [0.25, 0.3) is 0 Å². The Labute approximate surface area is 120 Å². The summed E-state index contributed by atoms with van der Waals surface area (Å²) < 4.78 is 0. The summed E-state index contributed by atoms with van der Waals surface area (Å²) in [6, 6.07) is 0. The van der Waals surface area contributed by atoms with E-state index in [0.717, 1.165) is 0 Å². The highest BCUT2D eigenvalue weighted by Gasteiger charge is 2.08. The first kappa shape index (κ1) is 18.3. The number of hydrogen-bond acceptors (Lipinski definition) is 2. The van der Waals surface area contributed by atoms with Gasteiger partial charge in [0.15, 0.2) is 0 Å². The molecule has 0 atom stereocenters. The Balaban J connectivity index is 0.00000137. The predicted octanol–water partition coefficient (Wildman–Crippen LogP) is 5.20. The molecule has 1 aliphatic heterocycles. The van der Waals surface area contributed by atoms with E-state index >= 15 is 0 Å². The molecule has 0 bridgehead atoms. The molecule has 110 valence electrons. The van der Waals surface area contributed by atoms with Gasteiger partial charge in [0.2, 0.25) is 0 Å². The SMILES string of the molecule is CC.CCCCCCCCCCN1CCSCC1. The zero-order chi connectivity index (χ0) is 13.5. The van der Waals surface area contributed by atoms with Crippen LogP contribution in [0.1, 0.15) is 72.1 Å². The van der Waals surface area contributed by atoms with Crippen LogP contribution in [0.15, 0.2) is 0 Å². The lowest BCUT2D eigenvalue weighted by Crippen LogP contribution is -2.33. The predicted molar refractivity (Wildman–Crippen MR) is 87.7 cm³/mol. The third kappa shape index (κ3) is 11.4. The second-order valence-electron chi connectivity index (χ2n) is 4.93. The van der Waals surface area contributed by atoms with Gasteiger partial charge >= 0.3 is 0 Å². The molecule has 1 aliphatic rings. The summed E-state index contributed by atoms with van der Waals surface area (Å²) in [6.45, 7) is 10.3. The lowest BCUT2D eigenvalue weighted by atomic mass is 10.1. The maximum absolute atomic E-state index is 2.65. The van der Waals surface area contributed by atoms with Crippen molar-refractivity contribution in [1.82, 2.24) is 4.90 Å². The summed E-state index contributed by atoms with van der Waals surface area (Å²) in [6.07, 6.45) is 11.5. The molecule has 18 heavy (non-hydrogen) atoms. The highest BCUT2D eigenvalue weighted by atomic mass is 32.2. The molecule has 1 fully saturated rings. The van der Waals surface area contributed by atoms with E-state index in [4.69, 9.17) is 0 Å². The number of unbranched alkanes of at least 4 members (excludes halogenated alkanes) is 7. The summed E-state index contributed by atoms with van der Waals surface area (Å²) in [5.41, 5.74) is 0. The third-order valence-electron chi connectivity index (χ3n) is 3.43. The topological polar surface area (TPSA) is 3.24 Å². The largest absolute Gasteiger partial charge is 0.302 e. The van der Waals surface area contributed by atoms with Gasteiger partial charge in [0.1, 0.15) is 0 Å². The molecule has 0 aromatic carbocycles. The number of nitrogens with zero attached hydrogens (tertiary/aromatic N) is 1. The van der Waals surface area contributed by atoms with Gasteiger partial charge < -0.3 is 4.90 Å². The average molecular weight is 274 g/mol. The van der Waals surface area contributed by atoms with Gasteiger partial charge in [-0.15, -0.1) is 0 Å². The van der Waals surface area contributed by atoms with Gasteiger partial charge in [-0.1, -0.05) is 65.7 Å².